The Morgan fingerprint density at radius 3 is 2.50 bits per heavy atom. The molecule has 0 aliphatic rings. The average molecular weight is 316 g/mol. The number of aromatic nitrogens is 1. The monoisotopic (exact) mass is 315 g/mol. The van der Waals surface area contributed by atoms with Crippen molar-refractivity contribution in [3.63, 3.8) is 0 Å². The first-order valence-corrected chi connectivity index (χ1v) is 7.68. The normalized spacial score (nSPS) is 11.6. The summed E-state index contributed by atoms with van der Waals surface area (Å²) in [6, 6.07) is 3.84. The Hall–Kier alpha value is -1.86. The zero-order chi connectivity index (χ0) is 15.1. The molecule has 0 fully saturated rings. The number of hydrogen-bond acceptors (Lipinski definition) is 5. The van der Waals surface area contributed by atoms with Gasteiger partial charge < -0.3 is 9.63 Å². The number of aromatic carboxylic acids is 1. The summed E-state index contributed by atoms with van der Waals surface area (Å²) in [6.07, 6.45) is 1.01. The molecule has 20 heavy (non-hydrogen) atoms. The summed E-state index contributed by atoms with van der Waals surface area (Å²) in [5, 5.41) is 12.6. The van der Waals surface area contributed by atoms with Crippen LogP contribution < -0.4 is 0 Å². The number of carboxylic acid groups (broad SMARTS) is 1. The van der Waals surface area contributed by atoms with Gasteiger partial charge in [0.05, 0.1) is 15.5 Å². The highest BCUT2D eigenvalue weighted by Crippen LogP contribution is 2.36. The lowest BCUT2D eigenvalue weighted by Gasteiger charge is -2.09. The van der Waals surface area contributed by atoms with Crippen LogP contribution in [0.3, 0.4) is 0 Å². The van der Waals surface area contributed by atoms with Crippen LogP contribution >= 0.6 is 11.6 Å². The summed E-state index contributed by atoms with van der Waals surface area (Å²) in [7, 11) is -3.60. The number of carboxylic acids is 1. The van der Waals surface area contributed by atoms with E-state index in [1.165, 1.54) is 12.1 Å². The van der Waals surface area contributed by atoms with Crippen LogP contribution in [0.2, 0.25) is 5.02 Å². The van der Waals surface area contributed by atoms with Gasteiger partial charge in [0.25, 0.3) is 0 Å². The molecule has 0 unspecified atom stereocenters. The fourth-order valence-electron chi connectivity index (χ4n) is 1.76. The van der Waals surface area contributed by atoms with Crippen molar-refractivity contribution in [2.75, 3.05) is 6.26 Å². The second-order valence-corrected chi connectivity index (χ2v) is 6.56. The molecule has 0 saturated heterocycles. The standard InChI is InChI=1S/C12H10ClNO5S/c1-6-5-8(14-19-6)10-9(20(2,17)18)4-3-7(11(10)13)12(15)16/h3-5H,1-2H3,(H,15,16). The topological polar surface area (TPSA) is 97.5 Å². The van der Waals surface area contributed by atoms with E-state index in [0.717, 1.165) is 12.3 Å². The molecule has 0 saturated carbocycles. The maximum absolute atomic E-state index is 11.8. The van der Waals surface area contributed by atoms with Crippen molar-refractivity contribution in [3.05, 3.63) is 34.5 Å². The first-order chi connectivity index (χ1) is 9.21. The smallest absolute Gasteiger partial charge is 0.337 e. The van der Waals surface area contributed by atoms with E-state index < -0.39 is 15.8 Å². The van der Waals surface area contributed by atoms with Crippen molar-refractivity contribution in [1.82, 2.24) is 5.16 Å². The molecule has 2 rings (SSSR count). The predicted octanol–water partition coefficient (Wildman–Crippen LogP) is 2.41. The van der Waals surface area contributed by atoms with Gasteiger partial charge in [0.1, 0.15) is 11.5 Å². The van der Waals surface area contributed by atoms with Gasteiger partial charge in [0.2, 0.25) is 0 Å². The van der Waals surface area contributed by atoms with Gasteiger partial charge in [-0.3, -0.25) is 0 Å². The van der Waals surface area contributed by atoms with E-state index in [2.05, 4.69) is 5.16 Å². The minimum Gasteiger partial charge on any atom is -0.478 e. The molecular weight excluding hydrogens is 306 g/mol. The van der Waals surface area contributed by atoms with Gasteiger partial charge in [-0.05, 0) is 19.1 Å². The Morgan fingerprint density at radius 1 is 1.40 bits per heavy atom. The third kappa shape index (κ3) is 2.54. The average Bonchev–Trinajstić information content (AvgIpc) is 2.73. The van der Waals surface area contributed by atoms with Crippen LogP contribution in [0, 0.1) is 6.92 Å². The molecule has 0 spiro atoms. The second kappa shape index (κ2) is 4.92. The van der Waals surface area contributed by atoms with Gasteiger partial charge in [0.15, 0.2) is 9.84 Å². The Balaban J connectivity index is 2.86. The number of benzene rings is 1. The van der Waals surface area contributed by atoms with Gasteiger partial charge in [-0.2, -0.15) is 0 Å². The van der Waals surface area contributed by atoms with E-state index in [-0.39, 0.29) is 26.7 Å². The van der Waals surface area contributed by atoms with Crippen LogP contribution in [0.4, 0.5) is 0 Å². The van der Waals surface area contributed by atoms with E-state index in [4.69, 9.17) is 21.2 Å². The highest BCUT2D eigenvalue weighted by molar-refractivity contribution is 7.90. The number of hydrogen-bond donors (Lipinski definition) is 1. The van der Waals surface area contributed by atoms with E-state index >= 15 is 0 Å². The Bertz CT molecular complexity index is 794. The molecule has 0 aliphatic heterocycles. The Labute approximate surface area is 119 Å². The number of aryl methyl sites for hydroxylation is 1. The van der Waals surface area contributed by atoms with Crippen LogP contribution in [0.25, 0.3) is 11.3 Å². The molecule has 1 aromatic carbocycles. The van der Waals surface area contributed by atoms with Crippen molar-refractivity contribution < 1.29 is 22.8 Å². The van der Waals surface area contributed by atoms with Gasteiger partial charge >= 0.3 is 5.97 Å². The van der Waals surface area contributed by atoms with E-state index in [9.17, 15) is 13.2 Å². The van der Waals surface area contributed by atoms with Crippen molar-refractivity contribution in [3.8, 4) is 11.3 Å². The Kier molecular flexibility index (Phi) is 3.58. The van der Waals surface area contributed by atoms with Crippen molar-refractivity contribution in [1.29, 1.82) is 0 Å². The van der Waals surface area contributed by atoms with E-state index in [1.807, 2.05) is 0 Å². The lowest BCUT2D eigenvalue weighted by molar-refractivity contribution is 0.0697. The van der Waals surface area contributed by atoms with Crippen LogP contribution in [0.1, 0.15) is 16.1 Å². The van der Waals surface area contributed by atoms with Crippen molar-refractivity contribution in [2.45, 2.75) is 11.8 Å². The largest absolute Gasteiger partial charge is 0.478 e. The Morgan fingerprint density at radius 2 is 2.05 bits per heavy atom. The minimum absolute atomic E-state index is 0.0333. The molecule has 6 nitrogen and oxygen atoms in total. The molecule has 0 amide bonds. The van der Waals surface area contributed by atoms with Gasteiger partial charge in [-0.1, -0.05) is 16.8 Å². The first kappa shape index (κ1) is 14.5. The number of sulfone groups is 1. The summed E-state index contributed by atoms with van der Waals surface area (Å²) in [6.45, 7) is 1.63. The molecule has 0 radical (unpaired) electrons. The number of halogens is 1. The maximum atomic E-state index is 11.8. The lowest BCUT2D eigenvalue weighted by atomic mass is 10.1. The zero-order valence-corrected chi connectivity index (χ0v) is 12.1. The number of nitrogens with zero attached hydrogens (tertiary/aromatic N) is 1. The quantitative estimate of drug-likeness (QED) is 0.934. The predicted molar refractivity (Wildman–Crippen MR) is 71.8 cm³/mol. The van der Waals surface area contributed by atoms with E-state index in [0.29, 0.717) is 5.76 Å². The fraction of sp³-hybridized carbons (Fsp3) is 0.167. The minimum atomic E-state index is -3.60. The van der Waals surface area contributed by atoms with Gasteiger partial charge in [0, 0.05) is 17.9 Å². The summed E-state index contributed by atoms with van der Waals surface area (Å²) < 4.78 is 28.5. The molecule has 8 heteroatoms. The van der Waals surface area contributed by atoms with Crippen molar-refractivity contribution >= 4 is 27.4 Å². The third-order valence-corrected chi connectivity index (χ3v) is 4.15. The second-order valence-electron chi connectivity index (χ2n) is 4.20. The molecule has 0 atom stereocenters. The number of rotatable bonds is 3. The molecule has 1 aromatic heterocycles. The SMILES string of the molecule is Cc1cc(-c2c(S(C)(=O)=O)ccc(C(=O)O)c2Cl)no1. The third-order valence-electron chi connectivity index (χ3n) is 2.62. The van der Waals surface area contributed by atoms with Crippen LogP contribution in [-0.4, -0.2) is 30.9 Å². The van der Waals surface area contributed by atoms with Crippen molar-refractivity contribution in [2.24, 2.45) is 0 Å². The first-order valence-electron chi connectivity index (χ1n) is 5.41. The molecule has 0 bridgehead atoms. The maximum Gasteiger partial charge on any atom is 0.337 e. The van der Waals surface area contributed by atoms with Crippen LogP contribution in [0.15, 0.2) is 27.6 Å². The molecule has 1 N–H and O–H groups in total. The van der Waals surface area contributed by atoms with E-state index in [1.54, 1.807) is 6.92 Å². The molecule has 0 aliphatic carbocycles. The summed E-state index contributed by atoms with van der Waals surface area (Å²) in [5.74, 6) is -0.798. The summed E-state index contributed by atoms with van der Waals surface area (Å²) >= 11 is 6.03. The zero-order valence-electron chi connectivity index (χ0n) is 10.5. The molecule has 2 aromatic rings. The molecule has 1 heterocycles. The van der Waals surface area contributed by atoms with Gasteiger partial charge in [-0.15, -0.1) is 0 Å². The highest BCUT2D eigenvalue weighted by Gasteiger charge is 2.24. The fourth-order valence-corrected chi connectivity index (χ4v) is 3.05. The van der Waals surface area contributed by atoms with Crippen LogP contribution in [-0.2, 0) is 9.84 Å². The number of carbonyl (C=O) groups is 1. The summed E-state index contributed by atoms with van der Waals surface area (Å²) in [5.41, 5.74) is 0.0108. The molecule has 106 valence electrons. The highest BCUT2D eigenvalue weighted by atomic mass is 35.5. The lowest BCUT2D eigenvalue weighted by Crippen LogP contribution is -2.05. The summed E-state index contributed by atoms with van der Waals surface area (Å²) in [4.78, 5) is 11.0. The van der Waals surface area contributed by atoms with Crippen LogP contribution in [0.5, 0.6) is 0 Å². The molecular formula is C12H10ClNO5S. The van der Waals surface area contributed by atoms with Gasteiger partial charge in [-0.25, -0.2) is 13.2 Å².